The number of aryl methyl sites for hydroxylation is 2. The number of rotatable bonds is 2. The van der Waals surface area contributed by atoms with Crippen molar-refractivity contribution in [3.63, 3.8) is 0 Å². The summed E-state index contributed by atoms with van der Waals surface area (Å²) in [5, 5.41) is 7.48. The van der Waals surface area contributed by atoms with Gasteiger partial charge in [0.05, 0.1) is 6.04 Å². The highest BCUT2D eigenvalue weighted by Gasteiger charge is 2.34. The van der Waals surface area contributed by atoms with Gasteiger partial charge in [-0.25, -0.2) is 0 Å². The lowest BCUT2D eigenvalue weighted by Crippen LogP contribution is -2.32. The molecule has 1 aromatic carbocycles. The molecule has 0 radical (unpaired) electrons. The first-order valence-electron chi connectivity index (χ1n) is 8.68. The molecule has 0 spiro atoms. The summed E-state index contributed by atoms with van der Waals surface area (Å²) in [5.74, 6) is 0.107. The Labute approximate surface area is 136 Å². The lowest BCUT2D eigenvalue weighted by atomic mass is 9.95. The van der Waals surface area contributed by atoms with Crippen LogP contribution in [0.15, 0.2) is 24.3 Å². The van der Waals surface area contributed by atoms with Gasteiger partial charge in [0.15, 0.2) is 5.69 Å². The van der Waals surface area contributed by atoms with Gasteiger partial charge >= 0.3 is 0 Å². The van der Waals surface area contributed by atoms with Gasteiger partial charge in [0.2, 0.25) is 0 Å². The van der Waals surface area contributed by atoms with Gasteiger partial charge in [0.1, 0.15) is 0 Å². The summed E-state index contributed by atoms with van der Waals surface area (Å²) in [5.41, 5.74) is 5.55. The quantitative estimate of drug-likeness (QED) is 0.922. The number of carbonyl (C=O) groups excluding carboxylic acids is 1. The molecule has 120 valence electrons. The Hall–Kier alpha value is -2.10. The van der Waals surface area contributed by atoms with Crippen molar-refractivity contribution < 1.29 is 4.79 Å². The van der Waals surface area contributed by atoms with Crippen molar-refractivity contribution in [1.29, 1.82) is 0 Å². The van der Waals surface area contributed by atoms with Gasteiger partial charge in [-0.2, -0.15) is 5.10 Å². The number of hydrogen-bond acceptors (Lipinski definition) is 2. The van der Waals surface area contributed by atoms with Crippen LogP contribution in [0.4, 0.5) is 0 Å². The Morgan fingerprint density at radius 1 is 1.22 bits per heavy atom. The van der Waals surface area contributed by atoms with E-state index in [4.69, 9.17) is 0 Å². The van der Waals surface area contributed by atoms with Crippen molar-refractivity contribution in [3.8, 4) is 0 Å². The molecule has 1 saturated heterocycles. The molecule has 1 amide bonds. The van der Waals surface area contributed by atoms with Gasteiger partial charge in [0.25, 0.3) is 5.91 Å². The number of likely N-dealkylation sites (tertiary alicyclic amines) is 1. The normalized spacial score (nSPS) is 20.6. The maximum absolute atomic E-state index is 13.1. The summed E-state index contributed by atoms with van der Waals surface area (Å²) < 4.78 is 0. The Morgan fingerprint density at radius 2 is 2.04 bits per heavy atom. The van der Waals surface area contributed by atoms with Crippen LogP contribution in [0.2, 0.25) is 0 Å². The first-order valence-corrected chi connectivity index (χ1v) is 8.68. The summed E-state index contributed by atoms with van der Waals surface area (Å²) in [6, 6.07) is 8.61. The van der Waals surface area contributed by atoms with E-state index in [9.17, 15) is 4.79 Å². The van der Waals surface area contributed by atoms with Gasteiger partial charge in [-0.1, -0.05) is 24.3 Å². The third-order valence-corrected chi connectivity index (χ3v) is 5.32. The topological polar surface area (TPSA) is 49.0 Å². The Balaban J connectivity index is 1.65. The van der Waals surface area contributed by atoms with Crippen molar-refractivity contribution >= 4 is 5.91 Å². The molecule has 1 aliphatic heterocycles. The van der Waals surface area contributed by atoms with Crippen molar-refractivity contribution in [1.82, 2.24) is 15.1 Å². The second kappa shape index (κ2) is 5.84. The minimum Gasteiger partial charge on any atom is -0.330 e. The van der Waals surface area contributed by atoms with Gasteiger partial charge in [0, 0.05) is 17.8 Å². The molecule has 1 unspecified atom stereocenters. The number of nitrogens with zero attached hydrogens (tertiary/aromatic N) is 2. The fraction of sp³-hybridized carbons (Fsp3) is 0.474. The minimum atomic E-state index is 0.107. The SMILES string of the molecule is Cc1ccccc1C1CCCN1C(=O)c1n[nH]c2c1CCCC2. The summed E-state index contributed by atoms with van der Waals surface area (Å²) in [6.07, 6.45) is 6.47. The van der Waals surface area contributed by atoms with E-state index in [1.807, 2.05) is 4.90 Å². The second-order valence-electron chi connectivity index (χ2n) is 6.75. The minimum absolute atomic E-state index is 0.107. The molecule has 1 fully saturated rings. The number of nitrogens with one attached hydrogen (secondary N) is 1. The molecule has 0 saturated carbocycles. The van der Waals surface area contributed by atoms with E-state index in [-0.39, 0.29) is 11.9 Å². The molecule has 2 aromatic rings. The number of benzene rings is 1. The Morgan fingerprint density at radius 3 is 2.91 bits per heavy atom. The highest BCUT2D eigenvalue weighted by atomic mass is 16.2. The molecule has 4 nitrogen and oxygen atoms in total. The van der Waals surface area contributed by atoms with Crippen molar-refractivity contribution in [3.05, 3.63) is 52.3 Å². The first kappa shape index (κ1) is 14.5. The number of carbonyl (C=O) groups is 1. The van der Waals surface area contributed by atoms with Crippen LogP contribution < -0.4 is 0 Å². The number of amides is 1. The van der Waals surface area contributed by atoms with Gasteiger partial charge in [-0.15, -0.1) is 0 Å². The van der Waals surface area contributed by atoms with E-state index < -0.39 is 0 Å². The molecule has 4 heteroatoms. The van der Waals surface area contributed by atoms with E-state index in [1.165, 1.54) is 23.2 Å². The largest absolute Gasteiger partial charge is 0.330 e. The highest BCUT2D eigenvalue weighted by Crippen LogP contribution is 2.35. The summed E-state index contributed by atoms with van der Waals surface area (Å²) in [7, 11) is 0. The fourth-order valence-corrected chi connectivity index (χ4v) is 4.09. The maximum atomic E-state index is 13.1. The monoisotopic (exact) mass is 309 g/mol. The van der Waals surface area contributed by atoms with Crippen LogP contribution in [0, 0.1) is 6.92 Å². The highest BCUT2D eigenvalue weighted by molar-refractivity contribution is 5.94. The Bertz CT molecular complexity index is 734. The zero-order valence-electron chi connectivity index (χ0n) is 13.6. The molecule has 23 heavy (non-hydrogen) atoms. The molecule has 2 heterocycles. The zero-order chi connectivity index (χ0) is 15.8. The molecule has 1 N–H and O–H groups in total. The summed E-state index contributed by atoms with van der Waals surface area (Å²) in [4.78, 5) is 15.2. The average molecular weight is 309 g/mol. The molecule has 2 aliphatic rings. The third-order valence-electron chi connectivity index (χ3n) is 5.32. The smallest absolute Gasteiger partial charge is 0.275 e. The van der Waals surface area contributed by atoms with E-state index in [2.05, 4.69) is 41.4 Å². The fourth-order valence-electron chi connectivity index (χ4n) is 4.09. The van der Waals surface area contributed by atoms with E-state index in [0.29, 0.717) is 5.69 Å². The van der Waals surface area contributed by atoms with Crippen molar-refractivity contribution in [2.24, 2.45) is 0 Å². The molecule has 1 aromatic heterocycles. The standard InChI is InChI=1S/C19H23N3O/c1-13-7-2-3-8-14(13)17-11-6-12-22(17)19(23)18-15-9-4-5-10-16(15)20-21-18/h2-3,7-8,17H,4-6,9-12H2,1H3,(H,20,21). The van der Waals surface area contributed by atoms with E-state index in [1.54, 1.807) is 0 Å². The van der Waals surface area contributed by atoms with Crippen LogP contribution in [0.1, 0.15) is 64.6 Å². The van der Waals surface area contributed by atoms with Crippen LogP contribution in [0.5, 0.6) is 0 Å². The van der Waals surface area contributed by atoms with E-state index in [0.717, 1.165) is 44.2 Å². The van der Waals surface area contributed by atoms with Gasteiger partial charge in [-0.05, 0) is 56.6 Å². The first-order chi connectivity index (χ1) is 11.3. The molecule has 4 rings (SSSR count). The van der Waals surface area contributed by atoms with Crippen molar-refractivity contribution in [2.45, 2.75) is 51.5 Å². The molecule has 1 atom stereocenters. The lowest BCUT2D eigenvalue weighted by molar-refractivity contribution is 0.0728. The van der Waals surface area contributed by atoms with E-state index >= 15 is 0 Å². The number of H-pyrrole nitrogens is 1. The average Bonchev–Trinajstić information content (AvgIpc) is 3.22. The van der Waals surface area contributed by atoms with Crippen LogP contribution in [0.25, 0.3) is 0 Å². The second-order valence-corrected chi connectivity index (χ2v) is 6.75. The number of aromatic nitrogens is 2. The number of aromatic amines is 1. The summed E-state index contributed by atoms with van der Waals surface area (Å²) in [6.45, 7) is 2.96. The van der Waals surface area contributed by atoms with Crippen LogP contribution in [-0.4, -0.2) is 27.5 Å². The predicted molar refractivity (Wildman–Crippen MR) is 89.4 cm³/mol. The zero-order valence-corrected chi connectivity index (χ0v) is 13.6. The van der Waals surface area contributed by atoms with Crippen LogP contribution >= 0.6 is 0 Å². The predicted octanol–water partition coefficient (Wildman–Crippen LogP) is 3.57. The van der Waals surface area contributed by atoms with Gasteiger partial charge in [-0.3, -0.25) is 9.89 Å². The third kappa shape index (κ3) is 2.46. The van der Waals surface area contributed by atoms with Crippen LogP contribution in [0.3, 0.4) is 0 Å². The molecule has 1 aliphatic carbocycles. The number of fused-ring (bicyclic) bond motifs is 1. The molecule has 0 bridgehead atoms. The van der Waals surface area contributed by atoms with Crippen molar-refractivity contribution in [2.75, 3.05) is 6.54 Å². The lowest BCUT2D eigenvalue weighted by Gasteiger charge is -2.26. The number of hydrogen-bond donors (Lipinski definition) is 1. The maximum Gasteiger partial charge on any atom is 0.275 e. The molecular formula is C19H23N3O. The summed E-state index contributed by atoms with van der Waals surface area (Å²) >= 11 is 0. The van der Waals surface area contributed by atoms with Crippen LogP contribution in [-0.2, 0) is 12.8 Å². The molecular weight excluding hydrogens is 286 g/mol. The van der Waals surface area contributed by atoms with Gasteiger partial charge < -0.3 is 4.90 Å². The Kier molecular flexibility index (Phi) is 3.68.